The van der Waals surface area contributed by atoms with Crippen LogP contribution in [0.1, 0.15) is 20.8 Å². The van der Waals surface area contributed by atoms with Crippen LogP contribution in [-0.2, 0) is 6.54 Å². The van der Waals surface area contributed by atoms with E-state index in [2.05, 4.69) is 54.6 Å². The van der Waals surface area contributed by atoms with E-state index < -0.39 is 0 Å². The van der Waals surface area contributed by atoms with Gasteiger partial charge in [0, 0.05) is 31.5 Å². The van der Waals surface area contributed by atoms with Gasteiger partial charge in [0.05, 0.1) is 0 Å². The van der Waals surface area contributed by atoms with Crippen molar-refractivity contribution in [1.82, 2.24) is 14.5 Å². The van der Waals surface area contributed by atoms with Gasteiger partial charge < -0.3 is 14.8 Å². The topological polar surface area (TPSA) is 33.1 Å². The van der Waals surface area contributed by atoms with Gasteiger partial charge in [-0.2, -0.15) is 0 Å². The summed E-state index contributed by atoms with van der Waals surface area (Å²) in [4.78, 5) is 6.52. The largest absolute Gasteiger partial charge is 0.352 e. The van der Waals surface area contributed by atoms with Crippen LogP contribution in [0.15, 0.2) is 12.4 Å². The van der Waals surface area contributed by atoms with Crippen LogP contribution >= 0.6 is 0 Å². The molecule has 92 valence electrons. The van der Waals surface area contributed by atoms with Crippen LogP contribution in [-0.4, -0.2) is 41.1 Å². The maximum atomic E-state index is 4.35. The van der Waals surface area contributed by atoms with Crippen molar-refractivity contribution in [3.05, 3.63) is 12.4 Å². The molecule has 0 fully saturated rings. The molecular weight excluding hydrogens is 200 g/mol. The zero-order valence-electron chi connectivity index (χ0n) is 11.1. The Labute approximate surface area is 98.7 Å². The van der Waals surface area contributed by atoms with Crippen molar-refractivity contribution in [3.63, 3.8) is 0 Å². The normalized spacial score (nSPS) is 13.4. The molecule has 0 amide bonds. The van der Waals surface area contributed by atoms with Crippen molar-refractivity contribution in [2.75, 3.05) is 26.0 Å². The number of rotatable bonds is 6. The summed E-state index contributed by atoms with van der Waals surface area (Å²) in [6, 6.07) is 0.406. The van der Waals surface area contributed by atoms with Crippen molar-refractivity contribution in [2.45, 2.75) is 33.4 Å². The molecule has 1 aromatic heterocycles. The zero-order chi connectivity index (χ0) is 12.1. The number of imidazole rings is 1. The van der Waals surface area contributed by atoms with E-state index in [0.29, 0.717) is 12.0 Å². The molecule has 0 bridgehead atoms. The fraction of sp³-hybridized carbons (Fsp3) is 0.750. The Morgan fingerprint density at radius 2 is 2.06 bits per heavy atom. The van der Waals surface area contributed by atoms with Gasteiger partial charge in [0.1, 0.15) is 0 Å². The summed E-state index contributed by atoms with van der Waals surface area (Å²) in [6.45, 7) is 8.63. The fourth-order valence-electron chi connectivity index (χ4n) is 1.80. The highest BCUT2D eigenvalue weighted by Gasteiger charge is 2.08. The standard InChI is InChI=1S/C12H24N4/c1-10(2)8-16-7-6-13-12(16)14-11(3)9-15(4)5/h6-7,10-11H,8-9H2,1-5H3,(H,13,14). The highest BCUT2D eigenvalue weighted by atomic mass is 15.2. The molecule has 0 radical (unpaired) electrons. The summed E-state index contributed by atoms with van der Waals surface area (Å²) in [5.74, 6) is 1.61. The lowest BCUT2D eigenvalue weighted by Crippen LogP contribution is -2.30. The molecule has 4 nitrogen and oxygen atoms in total. The summed E-state index contributed by atoms with van der Waals surface area (Å²) in [5, 5.41) is 3.44. The second-order valence-electron chi connectivity index (χ2n) is 5.10. The van der Waals surface area contributed by atoms with Gasteiger partial charge in [-0.3, -0.25) is 0 Å². The van der Waals surface area contributed by atoms with Crippen LogP contribution < -0.4 is 5.32 Å². The van der Waals surface area contributed by atoms with Gasteiger partial charge in [-0.15, -0.1) is 0 Å². The summed E-state index contributed by atoms with van der Waals surface area (Å²) >= 11 is 0. The van der Waals surface area contributed by atoms with Crippen LogP contribution in [0.25, 0.3) is 0 Å². The smallest absolute Gasteiger partial charge is 0.203 e. The minimum absolute atomic E-state index is 0.406. The first-order valence-corrected chi connectivity index (χ1v) is 5.91. The van der Waals surface area contributed by atoms with Crippen LogP contribution in [0.3, 0.4) is 0 Å². The number of aromatic nitrogens is 2. The third-order valence-corrected chi connectivity index (χ3v) is 2.29. The lowest BCUT2D eigenvalue weighted by Gasteiger charge is -2.20. The SMILES string of the molecule is CC(C)Cn1ccnc1NC(C)CN(C)C. The molecule has 1 atom stereocenters. The first-order valence-electron chi connectivity index (χ1n) is 5.91. The highest BCUT2D eigenvalue weighted by Crippen LogP contribution is 2.09. The highest BCUT2D eigenvalue weighted by molar-refractivity contribution is 5.27. The van der Waals surface area contributed by atoms with Gasteiger partial charge in [0.25, 0.3) is 0 Å². The Kier molecular flexibility index (Phi) is 4.80. The Bertz CT molecular complexity index is 304. The predicted molar refractivity (Wildman–Crippen MR) is 68.7 cm³/mol. The molecule has 0 aromatic carbocycles. The van der Waals surface area contributed by atoms with Crippen LogP contribution in [0.2, 0.25) is 0 Å². The van der Waals surface area contributed by atoms with E-state index in [1.807, 2.05) is 12.4 Å². The maximum Gasteiger partial charge on any atom is 0.203 e. The van der Waals surface area contributed by atoms with Gasteiger partial charge in [-0.25, -0.2) is 4.98 Å². The van der Waals surface area contributed by atoms with Gasteiger partial charge in [0.15, 0.2) is 0 Å². The molecule has 1 rings (SSSR count). The zero-order valence-corrected chi connectivity index (χ0v) is 11.1. The predicted octanol–water partition coefficient (Wildman–Crippen LogP) is 1.90. The van der Waals surface area contributed by atoms with Crippen molar-refractivity contribution in [3.8, 4) is 0 Å². The molecule has 4 heteroatoms. The number of anilines is 1. The number of hydrogen-bond donors (Lipinski definition) is 1. The van der Waals surface area contributed by atoms with E-state index in [1.165, 1.54) is 0 Å². The van der Waals surface area contributed by atoms with Gasteiger partial charge in [-0.1, -0.05) is 13.8 Å². The maximum absolute atomic E-state index is 4.35. The van der Waals surface area contributed by atoms with Gasteiger partial charge >= 0.3 is 0 Å². The molecule has 0 aliphatic heterocycles. The molecule has 1 unspecified atom stereocenters. The molecule has 1 heterocycles. The third-order valence-electron chi connectivity index (χ3n) is 2.29. The van der Waals surface area contributed by atoms with E-state index in [1.54, 1.807) is 0 Å². The minimum atomic E-state index is 0.406. The average molecular weight is 224 g/mol. The average Bonchev–Trinajstić information content (AvgIpc) is 2.50. The second kappa shape index (κ2) is 5.89. The van der Waals surface area contributed by atoms with E-state index in [-0.39, 0.29) is 0 Å². The van der Waals surface area contributed by atoms with E-state index >= 15 is 0 Å². The third kappa shape index (κ3) is 4.23. The van der Waals surface area contributed by atoms with E-state index in [9.17, 15) is 0 Å². The van der Waals surface area contributed by atoms with Crippen LogP contribution in [0.5, 0.6) is 0 Å². The van der Waals surface area contributed by atoms with Crippen LogP contribution in [0, 0.1) is 5.92 Å². The molecule has 0 spiro atoms. The molecular formula is C12H24N4. The number of hydrogen-bond acceptors (Lipinski definition) is 3. The first-order chi connectivity index (χ1) is 7.49. The number of nitrogens with zero attached hydrogens (tertiary/aromatic N) is 3. The summed E-state index contributed by atoms with van der Waals surface area (Å²) in [7, 11) is 4.16. The quantitative estimate of drug-likeness (QED) is 0.801. The monoisotopic (exact) mass is 224 g/mol. The Balaban J connectivity index is 2.56. The van der Waals surface area contributed by atoms with Gasteiger partial charge in [-0.05, 0) is 26.9 Å². The Morgan fingerprint density at radius 1 is 1.38 bits per heavy atom. The lowest BCUT2D eigenvalue weighted by molar-refractivity contribution is 0.390. The van der Waals surface area contributed by atoms with Crippen molar-refractivity contribution >= 4 is 5.95 Å². The summed E-state index contributed by atoms with van der Waals surface area (Å²) in [5.41, 5.74) is 0. The minimum Gasteiger partial charge on any atom is -0.352 e. The van der Waals surface area contributed by atoms with Crippen molar-refractivity contribution < 1.29 is 0 Å². The molecule has 0 saturated carbocycles. The molecule has 0 aliphatic carbocycles. The Hall–Kier alpha value is -1.03. The molecule has 1 aromatic rings. The fourth-order valence-corrected chi connectivity index (χ4v) is 1.80. The first kappa shape index (κ1) is 13.0. The Morgan fingerprint density at radius 3 is 2.62 bits per heavy atom. The van der Waals surface area contributed by atoms with Crippen molar-refractivity contribution in [1.29, 1.82) is 0 Å². The number of likely N-dealkylation sites (N-methyl/N-ethyl adjacent to an activating group) is 1. The van der Waals surface area contributed by atoms with Crippen LogP contribution in [0.4, 0.5) is 5.95 Å². The van der Waals surface area contributed by atoms with E-state index in [4.69, 9.17) is 0 Å². The second-order valence-corrected chi connectivity index (χ2v) is 5.10. The molecule has 0 saturated heterocycles. The number of nitrogens with one attached hydrogen (secondary N) is 1. The molecule has 16 heavy (non-hydrogen) atoms. The summed E-state index contributed by atoms with van der Waals surface area (Å²) in [6.07, 6.45) is 3.89. The molecule has 0 aliphatic rings. The van der Waals surface area contributed by atoms with E-state index in [0.717, 1.165) is 19.0 Å². The molecule has 1 N–H and O–H groups in total. The summed E-state index contributed by atoms with van der Waals surface area (Å²) < 4.78 is 2.18. The van der Waals surface area contributed by atoms with Crippen molar-refractivity contribution in [2.24, 2.45) is 5.92 Å². The van der Waals surface area contributed by atoms with Gasteiger partial charge in [0.2, 0.25) is 5.95 Å². The lowest BCUT2D eigenvalue weighted by atomic mass is 10.2.